The molecule has 0 amide bonds. The van der Waals surface area contributed by atoms with Crippen molar-refractivity contribution in [2.75, 3.05) is 72.7 Å². The highest BCUT2D eigenvalue weighted by Crippen LogP contribution is 2.40. The molecule has 34 nitrogen and oxygen atoms in total. The molecule has 628 valence electrons. The smallest absolute Gasteiger partial charge is 0.401 e. The fourth-order valence-electron chi connectivity index (χ4n) is 10.1. The van der Waals surface area contributed by atoms with Gasteiger partial charge in [0.2, 0.25) is 22.6 Å². The third-order valence-corrected chi connectivity index (χ3v) is 17.4. The fourth-order valence-corrected chi connectivity index (χ4v) is 11.3. The minimum Gasteiger partial charge on any atom is -0.464 e. The Hall–Kier alpha value is -5.50. The first-order chi connectivity index (χ1) is 49.3. The lowest BCUT2D eigenvalue weighted by atomic mass is 9.90. The lowest BCUT2D eigenvalue weighted by molar-refractivity contribution is -0.195. The van der Waals surface area contributed by atoms with Crippen LogP contribution in [0, 0.1) is 5.92 Å². The first kappa shape index (κ1) is 101. The normalized spacial score (nSPS) is 32.0. The van der Waals surface area contributed by atoms with Crippen molar-refractivity contribution < 1.29 is 174 Å². The minimum absolute atomic E-state index is 0.0348. The molecule has 8 saturated heterocycles. The number of aldehydes is 1. The number of carbonyl (C=O) groups is 8. The zero-order valence-electron chi connectivity index (χ0n) is 66.4. The molecule has 8 aliphatic rings. The monoisotopic (exact) mass is 1590 g/mol. The number of hydrogen-bond acceptors (Lipinski definition) is 34. The molecule has 108 heavy (non-hydrogen) atoms. The second-order valence-corrected chi connectivity index (χ2v) is 29.5. The van der Waals surface area contributed by atoms with Crippen molar-refractivity contribution in [3.63, 3.8) is 0 Å². The summed E-state index contributed by atoms with van der Waals surface area (Å²) in [6, 6.07) is 0. The first-order valence-corrected chi connectivity index (χ1v) is 36.3. The summed E-state index contributed by atoms with van der Waals surface area (Å²) < 4.78 is 159. The molecule has 0 aromatic heterocycles. The molecule has 0 saturated carbocycles. The van der Waals surface area contributed by atoms with Crippen LogP contribution < -0.4 is 0 Å². The molecule has 8 rings (SSSR count). The van der Waals surface area contributed by atoms with E-state index in [2.05, 4.69) is 20.8 Å². The molecule has 8 heterocycles. The van der Waals surface area contributed by atoms with Crippen molar-refractivity contribution in [2.45, 2.75) is 297 Å². The average Bonchev–Trinajstić information content (AvgIpc) is 1.59. The summed E-state index contributed by atoms with van der Waals surface area (Å²) in [7, 11) is -4.28. The number of hydrogen-bond donors (Lipinski definition) is 5. The highest BCUT2D eigenvalue weighted by Gasteiger charge is 2.62. The van der Waals surface area contributed by atoms with E-state index in [0.29, 0.717) is 44.0 Å². The van der Waals surface area contributed by atoms with Crippen LogP contribution in [-0.2, 0) is 138 Å². The van der Waals surface area contributed by atoms with E-state index in [9.17, 15) is 75.3 Å². The number of cyclic esters (lactones) is 2. The van der Waals surface area contributed by atoms with Crippen LogP contribution >= 0.6 is 0 Å². The van der Waals surface area contributed by atoms with Gasteiger partial charge in [0.15, 0.2) is 46.9 Å². The number of ether oxygens (including phenoxy) is 17. The number of esters is 7. The highest BCUT2D eigenvalue weighted by molar-refractivity contribution is 7.82. The van der Waals surface area contributed by atoms with Crippen molar-refractivity contribution in [3.8, 4) is 0 Å². The number of rotatable bonds is 19. The maximum atomic E-state index is 14.1. The molecule has 0 aromatic rings. The Balaban J connectivity index is 0.000000627. The third kappa shape index (κ3) is 30.2. The highest BCUT2D eigenvalue weighted by atomic mass is 32.3. The van der Waals surface area contributed by atoms with Gasteiger partial charge in [-0.15, -0.1) is 0 Å². The molecule has 0 radical (unpaired) electrons. The van der Waals surface area contributed by atoms with Crippen LogP contribution in [0.25, 0.3) is 0 Å². The second-order valence-electron chi connectivity index (χ2n) is 28.3. The molecular formula is C70H117F3O34S. The number of halogens is 3. The lowest BCUT2D eigenvalue weighted by Crippen LogP contribution is -2.54. The molecule has 8 aliphatic heterocycles. The maximum absolute atomic E-state index is 14.1. The van der Waals surface area contributed by atoms with Crippen LogP contribution in [0.15, 0.2) is 23.8 Å². The predicted molar refractivity (Wildman–Crippen MR) is 369 cm³/mol. The third-order valence-electron chi connectivity index (χ3n) is 16.4. The van der Waals surface area contributed by atoms with Gasteiger partial charge in [-0.3, -0.25) is 0 Å². The summed E-state index contributed by atoms with van der Waals surface area (Å²) in [5.74, 6) is -9.26. The molecule has 0 aromatic carbocycles. The molecule has 0 aliphatic carbocycles. The molecule has 0 unspecified atom stereocenters. The van der Waals surface area contributed by atoms with Gasteiger partial charge in [0.05, 0.1) is 72.7 Å². The van der Waals surface area contributed by atoms with Gasteiger partial charge >= 0.3 is 52.2 Å². The van der Waals surface area contributed by atoms with Gasteiger partial charge in [-0.05, 0) is 165 Å². The van der Waals surface area contributed by atoms with E-state index in [4.69, 9.17) is 84.9 Å². The van der Waals surface area contributed by atoms with Crippen molar-refractivity contribution in [3.05, 3.63) is 23.8 Å². The summed E-state index contributed by atoms with van der Waals surface area (Å²) in [6.45, 7) is 43.3. The average molecular weight is 1590 g/mol. The van der Waals surface area contributed by atoms with Gasteiger partial charge in [0, 0.05) is 17.1 Å². The maximum Gasteiger partial charge on any atom is 0.401 e. The molecule has 8 fully saturated rings. The van der Waals surface area contributed by atoms with Crippen LogP contribution in [0.5, 0.6) is 0 Å². The van der Waals surface area contributed by atoms with E-state index in [0.717, 1.165) is 20.1 Å². The van der Waals surface area contributed by atoms with E-state index in [1.54, 1.807) is 117 Å². The number of aliphatic hydroxyl groups is 5. The zero-order chi connectivity index (χ0) is 84.0. The molecule has 38 heteroatoms. The van der Waals surface area contributed by atoms with Crippen LogP contribution in [0.2, 0.25) is 0 Å². The second kappa shape index (κ2) is 41.9. The minimum atomic E-state index is -4.28. The van der Waals surface area contributed by atoms with Crippen molar-refractivity contribution >= 4 is 58.5 Å². The molecule has 0 spiro atoms. The van der Waals surface area contributed by atoms with E-state index in [-0.39, 0.29) is 75.8 Å². The van der Waals surface area contributed by atoms with Gasteiger partial charge in [0.1, 0.15) is 61.0 Å². The Morgan fingerprint density at radius 3 is 1.33 bits per heavy atom. The molecule has 0 bridgehead atoms. The van der Waals surface area contributed by atoms with Crippen LogP contribution in [0.4, 0.5) is 13.2 Å². The number of alkyl halides is 3. The molecule has 5 N–H and O–H groups in total. The SMILES string of the molecule is C=C(C)C(=O)OCC.CC1(C)OC[C@H](C=O)O1.CCOC(=O)/C(C)=C/[C@H]1COC(C)(C)O1.CCOC(=O)[C@@](C)(F)[C@H](O)[C@H]1COC(C)(C)O1.CCOC(=O)[C@@](C)(O)[C@H](O)[C@H]1COC(C)(C)O1.CCOC(=O)[C@@]1(C)OS(=O)(=O)O[C@@H]1[C@H]1COC(C)(C)O1.CC[C@H]1OC(=O)[C@](C)(F)[C@@H]1C.C[C@]1(F)C(=O)O[C@H](CO)[C@H]1O. The molecule has 17 atom stereocenters. The number of aliphatic hydroxyl groups excluding tert-OH is 4. The summed E-state index contributed by atoms with van der Waals surface area (Å²) in [6.07, 6.45) is -6.85. The Bertz CT molecular complexity index is 3000. The largest absolute Gasteiger partial charge is 0.464 e. The Morgan fingerprint density at radius 2 is 1.01 bits per heavy atom. The summed E-state index contributed by atoms with van der Waals surface area (Å²) in [5.41, 5.74) is -9.46. The van der Waals surface area contributed by atoms with Crippen LogP contribution in [-0.4, -0.2) is 279 Å². The summed E-state index contributed by atoms with van der Waals surface area (Å²) in [5, 5.41) is 47.2. The Morgan fingerprint density at radius 1 is 0.602 bits per heavy atom. The zero-order valence-corrected chi connectivity index (χ0v) is 67.2. The summed E-state index contributed by atoms with van der Waals surface area (Å²) in [4.78, 5) is 88.2. The van der Waals surface area contributed by atoms with Crippen molar-refractivity contribution in [1.82, 2.24) is 0 Å². The van der Waals surface area contributed by atoms with Gasteiger partial charge in [0.25, 0.3) is 0 Å². The van der Waals surface area contributed by atoms with Gasteiger partial charge in [-0.1, -0.05) is 20.4 Å². The van der Waals surface area contributed by atoms with Gasteiger partial charge in [-0.25, -0.2) is 55.1 Å². The van der Waals surface area contributed by atoms with Crippen LogP contribution in [0.1, 0.15) is 173 Å². The lowest BCUT2D eigenvalue weighted by Gasteiger charge is -2.30. The van der Waals surface area contributed by atoms with E-state index in [1.165, 1.54) is 20.8 Å². The van der Waals surface area contributed by atoms with E-state index < -0.39 is 153 Å². The summed E-state index contributed by atoms with van der Waals surface area (Å²) >= 11 is 0. The first-order valence-electron chi connectivity index (χ1n) is 35.0. The topological polar surface area (TPSA) is 447 Å². The van der Waals surface area contributed by atoms with Gasteiger partial charge in [-0.2, -0.15) is 8.42 Å². The fraction of sp³-hybridized carbons (Fsp3) is 0.829. The van der Waals surface area contributed by atoms with Gasteiger partial charge < -0.3 is 111 Å². The van der Waals surface area contributed by atoms with Crippen LogP contribution in [0.3, 0.4) is 0 Å². The van der Waals surface area contributed by atoms with E-state index in [1.807, 2.05) is 20.8 Å². The van der Waals surface area contributed by atoms with Crippen molar-refractivity contribution in [1.29, 1.82) is 0 Å². The Labute approximate surface area is 629 Å². The standard InChI is InChI=1S/C11H19FO5.C11H18O8S.C11H20O6.C11H18O4.C8H13FO2.C6H9FO4.C6H10O3.C6H10O2/c1-5-15-9(14)11(4,12)8(13)7-6-16-10(2,3)17-7;1-5-15-9(12)11(4)8(18-20(13,14)19-11)7-6-16-10(2,3)17-7;1-5-15-9(13)11(4,14)8(12)7-6-16-10(2,3)17-7;1-5-13-10(12)8(2)6-9-7-14-11(3,4)15-9;1-4-6-5(2)8(3,9)7(10)11-6;1-6(7)4(9)3(2-8)11-5(6)10;1-6(2)8-4-5(3-7)9-6;1-4-8-6(7)5(2)3/h7-8,13H,5-6H2,1-4H3;7-8H,5-6H2,1-4H3;7-8,12,14H,5-6H2,1-4H3;6,9H,5,7H2,1-4H3;5-6H,4H2,1-3H3;3-4,8-9H,2H2,1H3;3,5H,4H2,1-2H3;2,4H2,1,3H3/b;;;8-6+;;;;/t3*7-,8-,11+;9-;5-,6-,8-;3-,4-,6-;5-;/m1110110./s1. The Kier molecular flexibility index (Phi) is 39.0. The van der Waals surface area contributed by atoms with E-state index >= 15 is 0 Å². The van der Waals surface area contributed by atoms with Crippen molar-refractivity contribution in [2.24, 2.45) is 5.92 Å². The molecular weight excluding hydrogens is 1470 g/mol. The predicted octanol–water partition coefficient (Wildman–Crippen LogP) is 4.51. The number of carbonyl (C=O) groups excluding carboxylic acids is 8. The quantitative estimate of drug-likeness (QED) is 0.0514.